The van der Waals surface area contributed by atoms with Crippen LogP contribution in [-0.2, 0) is 9.59 Å². The molecule has 19 heavy (non-hydrogen) atoms. The van der Waals surface area contributed by atoms with Crippen LogP contribution in [0.2, 0.25) is 0 Å². The number of aliphatic carboxylic acids is 1. The van der Waals surface area contributed by atoms with E-state index in [-0.39, 0.29) is 18.2 Å². The molecule has 5 heteroatoms. The lowest BCUT2D eigenvalue weighted by molar-refractivity contribution is -0.142. The molecule has 0 aromatic heterocycles. The first-order valence-corrected chi connectivity index (χ1v) is 7.13. The Bertz CT molecular complexity index is 323. The second-order valence-corrected chi connectivity index (χ2v) is 6.19. The summed E-state index contributed by atoms with van der Waals surface area (Å²) < 4.78 is 0. The van der Waals surface area contributed by atoms with Crippen molar-refractivity contribution in [2.75, 3.05) is 0 Å². The molecule has 0 aromatic carbocycles. The predicted molar refractivity (Wildman–Crippen MR) is 73.6 cm³/mol. The normalized spacial score (nSPS) is 20.0. The zero-order chi connectivity index (χ0) is 14.5. The number of carboxylic acid groups (broad SMARTS) is 1. The van der Waals surface area contributed by atoms with E-state index < -0.39 is 17.6 Å². The van der Waals surface area contributed by atoms with Gasteiger partial charge < -0.3 is 16.2 Å². The highest BCUT2D eigenvalue weighted by atomic mass is 16.4. The first-order chi connectivity index (χ1) is 8.82. The molecular formula is C14H26N2O3. The molecule has 0 bridgehead atoms. The summed E-state index contributed by atoms with van der Waals surface area (Å²) in [5.74, 6) is -0.989. The maximum Gasteiger partial charge on any atom is 0.326 e. The van der Waals surface area contributed by atoms with E-state index in [4.69, 9.17) is 10.8 Å². The molecule has 4 N–H and O–H groups in total. The number of amides is 1. The van der Waals surface area contributed by atoms with Gasteiger partial charge in [0, 0.05) is 12.0 Å². The van der Waals surface area contributed by atoms with Crippen LogP contribution in [0.5, 0.6) is 0 Å². The van der Waals surface area contributed by atoms with Crippen molar-refractivity contribution in [3.8, 4) is 0 Å². The van der Waals surface area contributed by atoms with Crippen molar-refractivity contribution in [1.29, 1.82) is 0 Å². The molecule has 5 nitrogen and oxygen atoms in total. The molecule has 0 heterocycles. The second kappa shape index (κ2) is 6.89. The van der Waals surface area contributed by atoms with Crippen molar-refractivity contribution in [2.24, 2.45) is 11.7 Å². The fraction of sp³-hybridized carbons (Fsp3) is 0.857. The van der Waals surface area contributed by atoms with Crippen LogP contribution in [0.25, 0.3) is 0 Å². The highest BCUT2D eigenvalue weighted by Crippen LogP contribution is 2.28. The fourth-order valence-electron chi connectivity index (χ4n) is 2.69. The minimum atomic E-state index is -0.975. The molecule has 1 rings (SSSR count). The zero-order valence-corrected chi connectivity index (χ0v) is 11.9. The quantitative estimate of drug-likeness (QED) is 0.684. The monoisotopic (exact) mass is 270 g/mol. The third-order valence-electron chi connectivity index (χ3n) is 3.70. The van der Waals surface area contributed by atoms with Crippen molar-refractivity contribution in [2.45, 2.75) is 70.4 Å². The van der Waals surface area contributed by atoms with E-state index in [1.165, 1.54) is 6.42 Å². The summed E-state index contributed by atoms with van der Waals surface area (Å²) in [5, 5.41) is 11.7. The minimum absolute atomic E-state index is 0.225. The van der Waals surface area contributed by atoms with Gasteiger partial charge in [0.25, 0.3) is 0 Å². The van der Waals surface area contributed by atoms with Gasteiger partial charge in [-0.2, -0.15) is 0 Å². The van der Waals surface area contributed by atoms with Crippen LogP contribution in [0.15, 0.2) is 0 Å². The van der Waals surface area contributed by atoms with Crippen molar-refractivity contribution < 1.29 is 14.7 Å². The molecule has 1 amide bonds. The molecule has 0 aromatic rings. The molecule has 1 aliphatic carbocycles. The molecule has 1 atom stereocenters. The first-order valence-electron chi connectivity index (χ1n) is 7.13. The Hall–Kier alpha value is -1.10. The highest BCUT2D eigenvalue weighted by Gasteiger charge is 2.31. The number of carbonyl (C=O) groups excluding carboxylic acids is 1. The van der Waals surface area contributed by atoms with Crippen molar-refractivity contribution in [3.63, 3.8) is 0 Å². The Morgan fingerprint density at radius 1 is 1.26 bits per heavy atom. The van der Waals surface area contributed by atoms with Gasteiger partial charge in [0.05, 0.1) is 0 Å². The number of rotatable bonds is 6. The average molecular weight is 270 g/mol. The lowest BCUT2D eigenvalue weighted by atomic mass is 9.80. The topological polar surface area (TPSA) is 92.4 Å². The lowest BCUT2D eigenvalue weighted by Gasteiger charge is -2.33. The summed E-state index contributed by atoms with van der Waals surface area (Å²) in [6.45, 7) is 3.88. The number of nitrogens with two attached hydrogens (primary N) is 1. The Morgan fingerprint density at radius 2 is 1.84 bits per heavy atom. The summed E-state index contributed by atoms with van der Waals surface area (Å²) in [4.78, 5) is 23.1. The molecule has 1 saturated carbocycles. The minimum Gasteiger partial charge on any atom is -0.480 e. The van der Waals surface area contributed by atoms with Crippen molar-refractivity contribution >= 4 is 11.9 Å². The van der Waals surface area contributed by atoms with Gasteiger partial charge in [0.2, 0.25) is 5.91 Å². The largest absolute Gasteiger partial charge is 0.480 e. The molecule has 0 aliphatic heterocycles. The Balaban J connectivity index is 2.50. The van der Waals surface area contributed by atoms with Gasteiger partial charge >= 0.3 is 5.97 Å². The predicted octanol–water partition coefficient (Wildman–Crippen LogP) is 1.65. The standard InChI is InChI=1S/C14H26N2O3/c1-10(2)8-11(13(18)19)16-12(17)9-14(15)6-4-3-5-7-14/h10-11H,3-9,15H2,1-2H3,(H,16,17)(H,18,19)/t11-/m1/s1. The van der Waals surface area contributed by atoms with E-state index in [1.807, 2.05) is 13.8 Å². The van der Waals surface area contributed by atoms with Crippen LogP contribution in [0.1, 0.15) is 58.8 Å². The summed E-state index contributed by atoms with van der Waals surface area (Å²) in [6.07, 6.45) is 5.65. The second-order valence-electron chi connectivity index (χ2n) is 6.19. The van der Waals surface area contributed by atoms with E-state index in [2.05, 4.69) is 5.32 Å². The summed E-state index contributed by atoms with van der Waals surface area (Å²) in [6, 6.07) is -0.806. The molecule has 1 aliphatic rings. The van der Waals surface area contributed by atoms with Crippen LogP contribution in [0.4, 0.5) is 0 Å². The van der Waals surface area contributed by atoms with Gasteiger partial charge in [-0.05, 0) is 25.2 Å². The SMILES string of the molecule is CC(C)C[C@@H](NC(=O)CC1(N)CCCCC1)C(=O)O. The Kier molecular flexibility index (Phi) is 5.79. The van der Waals surface area contributed by atoms with Crippen LogP contribution in [0.3, 0.4) is 0 Å². The average Bonchev–Trinajstić information content (AvgIpc) is 2.27. The van der Waals surface area contributed by atoms with Gasteiger partial charge in [-0.3, -0.25) is 4.79 Å². The van der Waals surface area contributed by atoms with Gasteiger partial charge in [-0.15, -0.1) is 0 Å². The number of hydrogen-bond acceptors (Lipinski definition) is 3. The van der Waals surface area contributed by atoms with E-state index >= 15 is 0 Å². The third-order valence-corrected chi connectivity index (χ3v) is 3.70. The van der Waals surface area contributed by atoms with E-state index in [0.29, 0.717) is 6.42 Å². The first kappa shape index (κ1) is 16.0. The molecule has 0 saturated heterocycles. The van der Waals surface area contributed by atoms with Gasteiger partial charge in [0.1, 0.15) is 6.04 Å². The molecule has 0 spiro atoms. The van der Waals surface area contributed by atoms with Crippen molar-refractivity contribution in [3.05, 3.63) is 0 Å². The lowest BCUT2D eigenvalue weighted by Crippen LogP contribution is -2.49. The molecule has 110 valence electrons. The third kappa shape index (κ3) is 5.59. The highest BCUT2D eigenvalue weighted by molar-refractivity contribution is 5.84. The number of hydrogen-bond donors (Lipinski definition) is 3. The van der Waals surface area contributed by atoms with Gasteiger partial charge in [0.15, 0.2) is 0 Å². The smallest absolute Gasteiger partial charge is 0.326 e. The van der Waals surface area contributed by atoms with Crippen molar-refractivity contribution in [1.82, 2.24) is 5.32 Å². The molecule has 0 unspecified atom stereocenters. The Labute approximate surface area is 114 Å². The Morgan fingerprint density at radius 3 is 2.32 bits per heavy atom. The molecule has 1 fully saturated rings. The maximum atomic E-state index is 12.0. The number of carboxylic acids is 1. The summed E-state index contributed by atoms with van der Waals surface area (Å²) in [7, 11) is 0. The summed E-state index contributed by atoms with van der Waals surface area (Å²) in [5.41, 5.74) is 5.76. The molecule has 0 radical (unpaired) electrons. The van der Waals surface area contributed by atoms with E-state index in [1.54, 1.807) is 0 Å². The number of carbonyl (C=O) groups is 2. The molecular weight excluding hydrogens is 244 g/mol. The van der Waals surface area contributed by atoms with Crippen LogP contribution >= 0.6 is 0 Å². The van der Waals surface area contributed by atoms with Crippen LogP contribution in [0, 0.1) is 5.92 Å². The van der Waals surface area contributed by atoms with Gasteiger partial charge in [-0.25, -0.2) is 4.79 Å². The van der Waals surface area contributed by atoms with E-state index in [9.17, 15) is 9.59 Å². The van der Waals surface area contributed by atoms with Gasteiger partial charge in [-0.1, -0.05) is 33.1 Å². The fourth-order valence-corrected chi connectivity index (χ4v) is 2.69. The zero-order valence-electron chi connectivity index (χ0n) is 11.9. The summed E-state index contributed by atoms with van der Waals surface area (Å²) >= 11 is 0. The van der Waals surface area contributed by atoms with Crippen LogP contribution < -0.4 is 11.1 Å². The number of nitrogens with one attached hydrogen (secondary N) is 1. The maximum absolute atomic E-state index is 12.0. The van der Waals surface area contributed by atoms with Crippen LogP contribution in [-0.4, -0.2) is 28.6 Å². The van der Waals surface area contributed by atoms with E-state index in [0.717, 1.165) is 25.7 Å².